The highest BCUT2D eigenvalue weighted by Crippen LogP contribution is 2.39. The van der Waals surface area contributed by atoms with E-state index in [1.54, 1.807) is 0 Å². The van der Waals surface area contributed by atoms with Gasteiger partial charge in [-0.2, -0.15) is 0 Å². The van der Waals surface area contributed by atoms with Gasteiger partial charge in [0.2, 0.25) is 5.91 Å². The number of hydrogen-bond acceptors (Lipinski definition) is 3. The SMILES string of the molecule is CCNC(=NCCNC(=O)C(C)C)NC1CC(C)(C)Oc2ccccc21.I. The molecule has 0 saturated carbocycles. The summed E-state index contributed by atoms with van der Waals surface area (Å²) in [5.74, 6) is 1.72. The number of hydrogen-bond donors (Lipinski definition) is 3. The van der Waals surface area contributed by atoms with Gasteiger partial charge in [-0.3, -0.25) is 9.79 Å². The number of ether oxygens (including phenoxy) is 1. The van der Waals surface area contributed by atoms with Crippen molar-refractivity contribution in [3.8, 4) is 5.75 Å². The molecule has 1 aromatic carbocycles. The number of nitrogens with zero attached hydrogens (tertiary/aromatic N) is 1. The van der Waals surface area contributed by atoms with Crippen LogP contribution in [-0.4, -0.2) is 37.1 Å². The van der Waals surface area contributed by atoms with Crippen molar-refractivity contribution in [2.45, 2.75) is 52.7 Å². The fourth-order valence-corrected chi connectivity index (χ4v) is 2.97. The number of amides is 1. The standard InChI is InChI=1S/C20H32N4O2.HI/c1-6-21-19(23-12-11-22-18(25)14(2)3)24-16-13-20(4,5)26-17-10-8-7-9-15(16)17;/h7-10,14,16H,6,11-13H2,1-5H3,(H,22,25)(H2,21,23,24);1H. The molecular formula is C20H33IN4O2. The van der Waals surface area contributed by atoms with Gasteiger partial charge in [-0.15, -0.1) is 24.0 Å². The largest absolute Gasteiger partial charge is 0.487 e. The average Bonchev–Trinajstić information content (AvgIpc) is 2.57. The maximum atomic E-state index is 11.6. The van der Waals surface area contributed by atoms with E-state index in [-0.39, 0.29) is 47.4 Å². The predicted octanol–water partition coefficient (Wildman–Crippen LogP) is 3.23. The Balaban J connectivity index is 0.00000364. The molecule has 0 fully saturated rings. The monoisotopic (exact) mass is 488 g/mol. The van der Waals surface area contributed by atoms with Gasteiger partial charge in [0.1, 0.15) is 11.4 Å². The van der Waals surface area contributed by atoms with Crippen molar-refractivity contribution in [2.75, 3.05) is 19.6 Å². The van der Waals surface area contributed by atoms with Gasteiger partial charge in [0.15, 0.2) is 5.96 Å². The smallest absolute Gasteiger partial charge is 0.222 e. The molecule has 1 heterocycles. The summed E-state index contributed by atoms with van der Waals surface area (Å²) in [5.41, 5.74) is 0.903. The van der Waals surface area contributed by atoms with Crippen LogP contribution in [-0.2, 0) is 4.79 Å². The number of aliphatic imine (C=N–C) groups is 1. The highest BCUT2D eigenvalue weighted by atomic mass is 127. The summed E-state index contributed by atoms with van der Waals surface area (Å²) in [4.78, 5) is 16.2. The topological polar surface area (TPSA) is 74.8 Å². The van der Waals surface area contributed by atoms with Crippen molar-refractivity contribution in [3.05, 3.63) is 29.8 Å². The number of carbonyl (C=O) groups excluding carboxylic acids is 1. The van der Waals surface area contributed by atoms with Gasteiger partial charge < -0.3 is 20.7 Å². The molecule has 1 atom stereocenters. The van der Waals surface area contributed by atoms with Crippen molar-refractivity contribution in [3.63, 3.8) is 0 Å². The third-order valence-corrected chi connectivity index (χ3v) is 4.24. The first-order chi connectivity index (χ1) is 12.3. The van der Waals surface area contributed by atoms with Crippen LogP contribution in [0.5, 0.6) is 5.75 Å². The van der Waals surface area contributed by atoms with Gasteiger partial charge in [0, 0.05) is 31.0 Å². The van der Waals surface area contributed by atoms with Crippen LogP contribution in [0, 0.1) is 5.92 Å². The lowest BCUT2D eigenvalue weighted by atomic mass is 9.90. The normalized spacial score (nSPS) is 18.0. The fourth-order valence-electron chi connectivity index (χ4n) is 2.97. The Morgan fingerprint density at radius 3 is 2.67 bits per heavy atom. The molecule has 6 nitrogen and oxygen atoms in total. The molecule has 1 amide bonds. The second-order valence-electron chi connectivity index (χ2n) is 7.51. The Labute approximate surface area is 179 Å². The Bertz CT molecular complexity index is 647. The molecule has 3 N–H and O–H groups in total. The first-order valence-electron chi connectivity index (χ1n) is 9.43. The van der Waals surface area contributed by atoms with Crippen LogP contribution in [0.25, 0.3) is 0 Å². The van der Waals surface area contributed by atoms with Crippen LogP contribution in [0.15, 0.2) is 29.3 Å². The number of para-hydroxylation sites is 1. The molecule has 0 aromatic heterocycles. The number of benzene rings is 1. The van der Waals surface area contributed by atoms with E-state index in [0.717, 1.165) is 30.2 Å². The van der Waals surface area contributed by atoms with Crippen molar-refractivity contribution in [1.29, 1.82) is 0 Å². The quantitative estimate of drug-likeness (QED) is 0.249. The van der Waals surface area contributed by atoms with Crippen LogP contribution < -0.4 is 20.7 Å². The van der Waals surface area contributed by atoms with E-state index in [0.29, 0.717) is 13.1 Å². The maximum absolute atomic E-state index is 11.6. The van der Waals surface area contributed by atoms with Gasteiger partial charge in [0.05, 0.1) is 12.6 Å². The summed E-state index contributed by atoms with van der Waals surface area (Å²) in [5, 5.41) is 9.70. The van der Waals surface area contributed by atoms with E-state index >= 15 is 0 Å². The zero-order chi connectivity index (χ0) is 19.2. The zero-order valence-electron chi connectivity index (χ0n) is 17.0. The molecule has 0 saturated heterocycles. The van der Waals surface area contributed by atoms with Gasteiger partial charge in [-0.25, -0.2) is 0 Å². The van der Waals surface area contributed by atoms with E-state index in [4.69, 9.17) is 4.74 Å². The Hall–Kier alpha value is -1.51. The highest BCUT2D eigenvalue weighted by Gasteiger charge is 2.33. The molecule has 152 valence electrons. The number of rotatable bonds is 6. The van der Waals surface area contributed by atoms with E-state index in [2.05, 4.69) is 40.9 Å². The molecule has 1 aromatic rings. The van der Waals surface area contributed by atoms with Crippen LogP contribution >= 0.6 is 24.0 Å². The zero-order valence-corrected chi connectivity index (χ0v) is 19.3. The maximum Gasteiger partial charge on any atom is 0.222 e. The van der Waals surface area contributed by atoms with Crippen molar-refractivity contribution < 1.29 is 9.53 Å². The summed E-state index contributed by atoms with van der Waals surface area (Å²) in [6, 6.07) is 8.25. The Morgan fingerprint density at radius 1 is 1.30 bits per heavy atom. The van der Waals surface area contributed by atoms with Gasteiger partial charge >= 0.3 is 0 Å². The lowest BCUT2D eigenvalue weighted by Gasteiger charge is -2.38. The number of fused-ring (bicyclic) bond motifs is 1. The molecule has 27 heavy (non-hydrogen) atoms. The van der Waals surface area contributed by atoms with Crippen molar-refractivity contribution in [2.24, 2.45) is 10.9 Å². The predicted molar refractivity (Wildman–Crippen MR) is 121 cm³/mol. The van der Waals surface area contributed by atoms with E-state index < -0.39 is 0 Å². The summed E-state index contributed by atoms with van der Waals surface area (Å²) in [7, 11) is 0. The lowest BCUT2D eigenvalue weighted by molar-refractivity contribution is -0.123. The van der Waals surface area contributed by atoms with Crippen LogP contribution in [0.1, 0.15) is 52.6 Å². The van der Waals surface area contributed by atoms with Gasteiger partial charge in [-0.05, 0) is 26.8 Å². The number of guanidine groups is 1. The van der Waals surface area contributed by atoms with Gasteiger partial charge in [0.25, 0.3) is 0 Å². The minimum atomic E-state index is -0.241. The summed E-state index contributed by atoms with van der Waals surface area (Å²) in [6.07, 6.45) is 0.846. The fraction of sp³-hybridized carbons (Fsp3) is 0.600. The van der Waals surface area contributed by atoms with Crippen LogP contribution in [0.4, 0.5) is 0 Å². The van der Waals surface area contributed by atoms with Crippen LogP contribution in [0.3, 0.4) is 0 Å². The molecule has 1 aliphatic heterocycles. The first-order valence-corrected chi connectivity index (χ1v) is 9.43. The van der Waals surface area contributed by atoms with Crippen LogP contribution in [0.2, 0.25) is 0 Å². The van der Waals surface area contributed by atoms with Crippen molar-refractivity contribution >= 4 is 35.8 Å². The molecular weight excluding hydrogens is 455 g/mol. The van der Waals surface area contributed by atoms with E-state index in [1.807, 2.05) is 39.0 Å². The first kappa shape index (κ1) is 23.5. The minimum absolute atomic E-state index is 0. The Kier molecular flexibility index (Phi) is 9.35. The number of nitrogens with one attached hydrogen (secondary N) is 3. The summed E-state index contributed by atoms with van der Waals surface area (Å²) < 4.78 is 6.09. The molecule has 2 rings (SSSR count). The average molecular weight is 488 g/mol. The number of carbonyl (C=O) groups is 1. The summed E-state index contributed by atoms with van der Waals surface area (Å²) >= 11 is 0. The van der Waals surface area contributed by atoms with Gasteiger partial charge in [-0.1, -0.05) is 32.0 Å². The molecule has 0 radical (unpaired) electrons. The van der Waals surface area contributed by atoms with E-state index in [1.165, 1.54) is 0 Å². The van der Waals surface area contributed by atoms with Crippen molar-refractivity contribution in [1.82, 2.24) is 16.0 Å². The molecule has 0 bridgehead atoms. The minimum Gasteiger partial charge on any atom is -0.487 e. The highest BCUT2D eigenvalue weighted by molar-refractivity contribution is 14.0. The second kappa shape index (κ2) is 10.7. The summed E-state index contributed by atoms with van der Waals surface area (Å²) in [6.45, 7) is 11.8. The number of halogens is 1. The molecule has 1 aliphatic rings. The molecule has 7 heteroatoms. The Morgan fingerprint density at radius 2 is 2.00 bits per heavy atom. The molecule has 0 spiro atoms. The lowest BCUT2D eigenvalue weighted by Crippen LogP contribution is -2.45. The molecule has 1 unspecified atom stereocenters. The third-order valence-electron chi connectivity index (χ3n) is 4.24. The second-order valence-corrected chi connectivity index (χ2v) is 7.51. The molecule has 0 aliphatic carbocycles. The van der Waals surface area contributed by atoms with E-state index in [9.17, 15) is 4.79 Å². The third kappa shape index (κ3) is 7.20.